The number of amides is 1. The fourth-order valence-corrected chi connectivity index (χ4v) is 4.24. The lowest BCUT2D eigenvalue weighted by Crippen LogP contribution is -2.51. The van der Waals surface area contributed by atoms with E-state index in [-0.39, 0.29) is 11.6 Å². The highest BCUT2D eigenvalue weighted by Gasteiger charge is 2.34. The molecule has 1 atom stereocenters. The Hall–Kier alpha value is -3.95. The van der Waals surface area contributed by atoms with Crippen molar-refractivity contribution in [2.75, 3.05) is 24.5 Å². The zero-order chi connectivity index (χ0) is 22.8. The summed E-state index contributed by atoms with van der Waals surface area (Å²) in [5.74, 6) is 1.38. The van der Waals surface area contributed by atoms with Gasteiger partial charge in [-0.3, -0.25) is 14.9 Å². The highest BCUT2D eigenvalue weighted by Crippen LogP contribution is 2.34. The third kappa shape index (κ3) is 4.36. The minimum absolute atomic E-state index is 0.00296. The molecule has 2 aliphatic heterocycles. The minimum Gasteiger partial charge on any atom is -0.477 e. The first kappa shape index (κ1) is 20.9. The number of carbonyl (C=O) groups excluding carboxylic acids is 1. The second kappa shape index (κ2) is 8.89. The van der Waals surface area contributed by atoms with Gasteiger partial charge >= 0.3 is 0 Å². The van der Waals surface area contributed by atoms with Crippen molar-refractivity contribution < 1.29 is 19.0 Å². The second-order valence-corrected chi connectivity index (χ2v) is 8.16. The van der Waals surface area contributed by atoms with E-state index in [0.717, 1.165) is 38.0 Å². The third-order valence-corrected chi connectivity index (χ3v) is 5.94. The lowest BCUT2D eigenvalue weighted by Gasteiger charge is -2.37. The summed E-state index contributed by atoms with van der Waals surface area (Å²) in [4.78, 5) is 31.9. The van der Waals surface area contributed by atoms with Crippen LogP contribution in [0.4, 0.5) is 11.4 Å². The number of hydrogen-bond acceptors (Lipinski definition) is 8. The van der Waals surface area contributed by atoms with E-state index < -0.39 is 11.0 Å². The van der Waals surface area contributed by atoms with Crippen LogP contribution in [0.15, 0.2) is 53.1 Å². The normalized spacial score (nSPS) is 17.9. The summed E-state index contributed by atoms with van der Waals surface area (Å²) in [6.45, 7) is 2.22. The molecule has 0 bridgehead atoms. The summed E-state index contributed by atoms with van der Waals surface area (Å²) in [5.41, 5.74) is 1.48. The molecule has 0 radical (unpaired) electrons. The summed E-state index contributed by atoms with van der Waals surface area (Å²) in [6, 6.07) is 13.6. The van der Waals surface area contributed by atoms with Crippen LogP contribution in [0.3, 0.4) is 0 Å². The molecule has 10 heteroatoms. The predicted molar refractivity (Wildman–Crippen MR) is 119 cm³/mol. The molecule has 1 unspecified atom stereocenters. The third-order valence-electron chi connectivity index (χ3n) is 5.94. The van der Waals surface area contributed by atoms with Gasteiger partial charge in [0.05, 0.1) is 23.7 Å². The van der Waals surface area contributed by atoms with Crippen molar-refractivity contribution in [3.63, 3.8) is 0 Å². The van der Waals surface area contributed by atoms with Gasteiger partial charge in [-0.1, -0.05) is 17.3 Å². The number of benzene rings is 2. The summed E-state index contributed by atoms with van der Waals surface area (Å²) in [6.07, 6.45) is 2.59. The van der Waals surface area contributed by atoms with Crippen LogP contribution in [-0.4, -0.2) is 51.6 Å². The van der Waals surface area contributed by atoms with Crippen LogP contribution >= 0.6 is 0 Å². The smallest absolute Gasteiger partial charge is 0.269 e. The first-order valence-electron chi connectivity index (χ1n) is 11.0. The Morgan fingerprint density at radius 2 is 1.85 bits per heavy atom. The van der Waals surface area contributed by atoms with E-state index in [1.807, 2.05) is 34.1 Å². The second-order valence-electron chi connectivity index (χ2n) is 8.16. The van der Waals surface area contributed by atoms with Gasteiger partial charge in [0.15, 0.2) is 6.10 Å². The fourth-order valence-electron chi connectivity index (χ4n) is 4.24. The number of hydrogen-bond donors (Lipinski definition) is 0. The molecule has 0 saturated carbocycles. The van der Waals surface area contributed by atoms with E-state index >= 15 is 0 Å². The first-order valence-corrected chi connectivity index (χ1v) is 11.0. The fraction of sp³-hybridized carbons (Fsp3) is 0.348. The predicted octanol–water partition coefficient (Wildman–Crippen LogP) is 3.42. The highest BCUT2D eigenvalue weighted by molar-refractivity contribution is 5.83. The molecule has 2 aliphatic rings. The van der Waals surface area contributed by atoms with Crippen molar-refractivity contribution in [1.82, 2.24) is 15.0 Å². The maximum Gasteiger partial charge on any atom is 0.269 e. The molecule has 1 amide bonds. The van der Waals surface area contributed by atoms with E-state index in [1.54, 1.807) is 12.1 Å². The number of non-ortho nitro benzene ring substituents is 1. The van der Waals surface area contributed by atoms with Crippen molar-refractivity contribution in [3.8, 4) is 17.1 Å². The monoisotopic (exact) mass is 449 g/mol. The molecule has 0 aliphatic carbocycles. The average molecular weight is 449 g/mol. The quantitative estimate of drug-likeness (QED) is 0.430. The van der Waals surface area contributed by atoms with Gasteiger partial charge in [-0.25, -0.2) is 0 Å². The summed E-state index contributed by atoms with van der Waals surface area (Å²) in [5, 5.41) is 14.9. The molecule has 170 valence electrons. The molecule has 0 spiro atoms. The zero-order valence-electron chi connectivity index (χ0n) is 17.9. The Labute approximate surface area is 189 Å². The Morgan fingerprint density at radius 3 is 2.61 bits per heavy atom. The molecular formula is C23H23N5O5. The van der Waals surface area contributed by atoms with Gasteiger partial charge in [0.2, 0.25) is 11.7 Å². The summed E-state index contributed by atoms with van der Waals surface area (Å²) in [7, 11) is 0. The Balaban J connectivity index is 1.35. The van der Waals surface area contributed by atoms with Crippen molar-refractivity contribution in [2.24, 2.45) is 0 Å². The van der Waals surface area contributed by atoms with Crippen LogP contribution < -0.4 is 9.64 Å². The molecule has 1 fully saturated rings. The van der Waals surface area contributed by atoms with E-state index in [9.17, 15) is 14.9 Å². The van der Waals surface area contributed by atoms with Crippen LogP contribution in [0, 0.1) is 10.1 Å². The maximum absolute atomic E-state index is 13.1. The number of ether oxygens (including phenoxy) is 1. The number of aromatic nitrogens is 2. The van der Waals surface area contributed by atoms with Crippen molar-refractivity contribution in [2.45, 2.75) is 31.9 Å². The van der Waals surface area contributed by atoms with Gasteiger partial charge in [-0.2, -0.15) is 4.98 Å². The topological polar surface area (TPSA) is 115 Å². The van der Waals surface area contributed by atoms with Gasteiger partial charge in [-0.15, -0.1) is 0 Å². The summed E-state index contributed by atoms with van der Waals surface area (Å²) >= 11 is 0. The van der Waals surface area contributed by atoms with Crippen molar-refractivity contribution >= 4 is 17.3 Å². The van der Waals surface area contributed by atoms with E-state index in [1.165, 1.54) is 12.1 Å². The highest BCUT2D eigenvalue weighted by atomic mass is 16.6. The van der Waals surface area contributed by atoms with Crippen LogP contribution in [-0.2, 0) is 11.3 Å². The number of anilines is 1. The number of likely N-dealkylation sites (tertiary alicyclic amines) is 1. The lowest BCUT2D eigenvalue weighted by molar-refractivity contribution is -0.384. The molecule has 10 nitrogen and oxygen atoms in total. The van der Waals surface area contributed by atoms with Crippen molar-refractivity contribution in [1.29, 1.82) is 0 Å². The Bertz CT molecular complexity index is 1160. The van der Waals surface area contributed by atoms with E-state index in [4.69, 9.17) is 9.26 Å². The minimum atomic E-state index is -0.602. The van der Waals surface area contributed by atoms with E-state index in [2.05, 4.69) is 10.1 Å². The number of nitro benzene ring substituents is 1. The van der Waals surface area contributed by atoms with Gasteiger partial charge in [0.1, 0.15) is 5.75 Å². The molecule has 2 aromatic carbocycles. The number of piperidine rings is 1. The van der Waals surface area contributed by atoms with Gasteiger partial charge in [0.25, 0.3) is 11.6 Å². The van der Waals surface area contributed by atoms with Gasteiger partial charge in [-0.05, 0) is 43.5 Å². The standard InChI is InChI=1S/C23H23N5O5/c29-23(26-12-4-1-5-13-26)20-14-27(18-6-2-3-7-19(18)32-20)15-21-24-22(25-33-21)16-8-10-17(11-9-16)28(30)31/h2-3,6-11,20H,1,4-5,12-15H2. The average Bonchev–Trinajstić information content (AvgIpc) is 3.32. The molecule has 3 heterocycles. The number of nitro groups is 1. The van der Waals surface area contributed by atoms with Crippen LogP contribution in [0.2, 0.25) is 0 Å². The number of para-hydroxylation sites is 2. The van der Waals surface area contributed by atoms with Crippen LogP contribution in [0.25, 0.3) is 11.4 Å². The first-order chi connectivity index (χ1) is 16.1. The summed E-state index contributed by atoms with van der Waals surface area (Å²) < 4.78 is 11.5. The maximum atomic E-state index is 13.1. The number of nitrogens with zero attached hydrogens (tertiary/aromatic N) is 5. The Morgan fingerprint density at radius 1 is 1.09 bits per heavy atom. The SMILES string of the molecule is O=C(C1CN(Cc2nc(-c3ccc([N+](=O)[O-])cc3)no2)c2ccccc2O1)N1CCCCC1. The molecule has 0 N–H and O–H groups in total. The molecule has 1 aromatic heterocycles. The molecule has 3 aromatic rings. The largest absolute Gasteiger partial charge is 0.477 e. The molecular weight excluding hydrogens is 426 g/mol. The molecule has 33 heavy (non-hydrogen) atoms. The molecule has 5 rings (SSSR count). The van der Waals surface area contributed by atoms with Gasteiger partial charge in [0, 0.05) is 30.8 Å². The zero-order valence-corrected chi connectivity index (χ0v) is 17.9. The number of fused-ring (bicyclic) bond motifs is 1. The number of rotatable bonds is 5. The van der Waals surface area contributed by atoms with Crippen LogP contribution in [0.5, 0.6) is 5.75 Å². The lowest BCUT2D eigenvalue weighted by atomic mass is 10.1. The Kier molecular flexibility index (Phi) is 5.64. The van der Waals surface area contributed by atoms with Crippen LogP contribution in [0.1, 0.15) is 25.2 Å². The number of carbonyl (C=O) groups is 1. The molecule has 1 saturated heterocycles. The van der Waals surface area contributed by atoms with E-state index in [0.29, 0.717) is 36.1 Å². The van der Waals surface area contributed by atoms with Gasteiger partial charge < -0.3 is 19.1 Å². The van der Waals surface area contributed by atoms with Crippen molar-refractivity contribution in [3.05, 3.63) is 64.5 Å².